The van der Waals surface area contributed by atoms with Gasteiger partial charge in [-0.05, 0) is 18.2 Å². The molecule has 0 saturated heterocycles. The van der Waals surface area contributed by atoms with E-state index in [0.29, 0.717) is 11.4 Å². The Morgan fingerprint density at radius 1 is 0.793 bits per heavy atom. The van der Waals surface area contributed by atoms with Crippen LogP contribution in [0.3, 0.4) is 0 Å². The maximum atomic E-state index is 13.2. The lowest BCUT2D eigenvalue weighted by molar-refractivity contribution is 0.0980. The summed E-state index contributed by atoms with van der Waals surface area (Å²) in [6, 6.07) is 13.8. The molecule has 0 amide bonds. The van der Waals surface area contributed by atoms with E-state index in [-0.39, 0.29) is 27.9 Å². The molecule has 0 saturated carbocycles. The van der Waals surface area contributed by atoms with Crippen molar-refractivity contribution in [3.8, 4) is 0 Å². The average Bonchev–Trinajstić information content (AvgIpc) is 2.68. The molecule has 29 heavy (non-hydrogen) atoms. The third-order valence-corrected chi connectivity index (χ3v) is 5.60. The van der Waals surface area contributed by atoms with Gasteiger partial charge in [0.1, 0.15) is 4.90 Å². The van der Waals surface area contributed by atoms with Crippen LogP contribution in [0.1, 0.15) is 31.8 Å². The van der Waals surface area contributed by atoms with Crippen molar-refractivity contribution in [2.75, 3.05) is 16.8 Å². The molecule has 1 aliphatic carbocycles. The average molecular weight is 409 g/mol. The number of rotatable bonds is 3. The number of para-hydroxylation sites is 2. The van der Waals surface area contributed by atoms with Crippen LogP contribution in [0.4, 0.5) is 22.7 Å². The van der Waals surface area contributed by atoms with E-state index in [1.54, 1.807) is 36.4 Å². The number of anilines is 4. The molecule has 0 heterocycles. The van der Waals surface area contributed by atoms with Gasteiger partial charge >= 0.3 is 0 Å². The summed E-state index contributed by atoms with van der Waals surface area (Å²) in [5.41, 5.74) is 12.0. The third-order valence-electron chi connectivity index (χ3n) is 4.71. The van der Waals surface area contributed by atoms with Gasteiger partial charge in [0.05, 0.1) is 33.9 Å². The van der Waals surface area contributed by atoms with Crippen molar-refractivity contribution < 1.29 is 22.6 Å². The van der Waals surface area contributed by atoms with Crippen LogP contribution in [0.15, 0.2) is 59.5 Å². The van der Waals surface area contributed by atoms with Gasteiger partial charge in [-0.15, -0.1) is 0 Å². The Morgan fingerprint density at radius 2 is 1.34 bits per heavy atom. The first-order chi connectivity index (χ1) is 13.7. The van der Waals surface area contributed by atoms with Gasteiger partial charge in [-0.1, -0.05) is 36.4 Å². The van der Waals surface area contributed by atoms with Crippen LogP contribution in [0.5, 0.6) is 0 Å². The van der Waals surface area contributed by atoms with Crippen molar-refractivity contribution in [1.82, 2.24) is 0 Å². The van der Waals surface area contributed by atoms with Crippen molar-refractivity contribution in [2.45, 2.75) is 4.90 Å². The number of nitrogens with one attached hydrogen (secondary N) is 1. The molecule has 0 bridgehead atoms. The predicted octanol–water partition coefficient (Wildman–Crippen LogP) is 2.62. The van der Waals surface area contributed by atoms with Crippen molar-refractivity contribution in [2.24, 2.45) is 0 Å². The molecule has 0 aromatic heterocycles. The number of benzene rings is 3. The van der Waals surface area contributed by atoms with Gasteiger partial charge in [0.25, 0.3) is 10.1 Å². The topological polar surface area (TPSA) is 153 Å². The molecule has 0 radical (unpaired) electrons. The first-order valence-electron chi connectivity index (χ1n) is 8.44. The summed E-state index contributed by atoms with van der Waals surface area (Å²) in [5.74, 6) is -1.11. The number of hydrogen-bond donors (Lipinski definition) is 4. The second-order valence-corrected chi connectivity index (χ2v) is 7.87. The molecule has 9 heteroatoms. The minimum atomic E-state index is -4.77. The molecule has 0 fully saturated rings. The van der Waals surface area contributed by atoms with Gasteiger partial charge < -0.3 is 16.8 Å². The first-order valence-corrected chi connectivity index (χ1v) is 9.88. The second kappa shape index (κ2) is 6.43. The van der Waals surface area contributed by atoms with Crippen LogP contribution in [-0.2, 0) is 10.1 Å². The zero-order valence-corrected chi connectivity index (χ0v) is 15.7. The Labute approximate surface area is 165 Å². The number of carbonyl (C=O) groups excluding carboxylic acids is 2. The van der Waals surface area contributed by atoms with E-state index in [0.717, 1.165) is 6.07 Å². The quantitative estimate of drug-likeness (QED) is 0.297. The Kier molecular flexibility index (Phi) is 4.14. The van der Waals surface area contributed by atoms with Crippen LogP contribution in [0, 0.1) is 0 Å². The summed E-state index contributed by atoms with van der Waals surface area (Å²) < 4.78 is 33.4. The molecule has 4 rings (SSSR count). The number of nitrogen functional groups attached to an aromatic ring is 2. The lowest BCUT2D eigenvalue weighted by atomic mass is 9.82. The van der Waals surface area contributed by atoms with E-state index >= 15 is 0 Å². The smallest absolute Gasteiger partial charge is 0.296 e. The summed E-state index contributed by atoms with van der Waals surface area (Å²) in [4.78, 5) is 25.6. The highest BCUT2D eigenvalue weighted by molar-refractivity contribution is 7.86. The normalized spacial score (nSPS) is 13.0. The lowest BCUT2D eigenvalue weighted by Crippen LogP contribution is -2.25. The summed E-state index contributed by atoms with van der Waals surface area (Å²) in [7, 11) is -4.77. The van der Waals surface area contributed by atoms with E-state index in [9.17, 15) is 22.6 Å². The molecule has 8 nitrogen and oxygen atoms in total. The summed E-state index contributed by atoms with van der Waals surface area (Å²) in [6.45, 7) is 0. The number of ketones is 2. The number of hydrogen-bond acceptors (Lipinski definition) is 7. The second-order valence-electron chi connectivity index (χ2n) is 6.48. The largest absolute Gasteiger partial charge is 0.397 e. The monoisotopic (exact) mass is 409 g/mol. The van der Waals surface area contributed by atoms with Gasteiger partial charge in [-0.2, -0.15) is 8.42 Å². The van der Waals surface area contributed by atoms with E-state index in [2.05, 4.69) is 5.32 Å². The molecule has 0 aliphatic heterocycles. The number of nitrogens with two attached hydrogens (primary N) is 2. The number of carbonyl (C=O) groups is 2. The van der Waals surface area contributed by atoms with Gasteiger partial charge in [-0.25, -0.2) is 0 Å². The molecule has 3 aromatic rings. The van der Waals surface area contributed by atoms with Crippen molar-refractivity contribution in [3.63, 3.8) is 0 Å². The van der Waals surface area contributed by atoms with E-state index in [1.807, 2.05) is 0 Å². The highest BCUT2D eigenvalue weighted by Crippen LogP contribution is 2.40. The number of fused-ring (bicyclic) bond motifs is 2. The van der Waals surface area contributed by atoms with Crippen LogP contribution < -0.4 is 16.8 Å². The molecule has 0 atom stereocenters. The molecule has 1 aliphatic rings. The van der Waals surface area contributed by atoms with Gasteiger partial charge in [0.2, 0.25) is 0 Å². The fourth-order valence-electron chi connectivity index (χ4n) is 3.36. The van der Waals surface area contributed by atoms with Crippen molar-refractivity contribution >= 4 is 44.4 Å². The van der Waals surface area contributed by atoms with Gasteiger partial charge in [0, 0.05) is 11.1 Å². The van der Waals surface area contributed by atoms with Crippen LogP contribution in [0.25, 0.3) is 0 Å². The Balaban J connectivity index is 2.05. The fourth-order valence-corrected chi connectivity index (χ4v) is 4.01. The van der Waals surface area contributed by atoms with E-state index < -0.39 is 32.3 Å². The maximum absolute atomic E-state index is 13.2. The predicted molar refractivity (Wildman–Crippen MR) is 108 cm³/mol. The molecular weight excluding hydrogens is 394 g/mol. The fraction of sp³-hybridized carbons (Fsp3) is 0. The van der Waals surface area contributed by atoms with Crippen LogP contribution in [-0.4, -0.2) is 24.5 Å². The molecule has 3 aromatic carbocycles. The molecule has 0 unspecified atom stereocenters. The third kappa shape index (κ3) is 2.93. The standard InChI is InChI=1S/C20H15N3O5S/c21-12-7-3-4-8-13(12)23-14-9-15(29(26,27)28)18(22)17-16(14)19(24)10-5-1-2-6-11(10)20(17)25/h1-9,23H,21-22H2,(H,26,27,28). The van der Waals surface area contributed by atoms with Gasteiger partial charge in [0.15, 0.2) is 11.6 Å². The lowest BCUT2D eigenvalue weighted by Gasteiger charge is -2.24. The van der Waals surface area contributed by atoms with Crippen molar-refractivity contribution in [1.29, 1.82) is 0 Å². The Morgan fingerprint density at radius 3 is 1.93 bits per heavy atom. The molecule has 6 N–H and O–H groups in total. The summed E-state index contributed by atoms with van der Waals surface area (Å²) in [6.07, 6.45) is 0. The van der Waals surface area contributed by atoms with Crippen LogP contribution in [0.2, 0.25) is 0 Å². The Hall–Kier alpha value is -3.69. The van der Waals surface area contributed by atoms with E-state index in [4.69, 9.17) is 11.5 Å². The van der Waals surface area contributed by atoms with Gasteiger partial charge in [-0.3, -0.25) is 14.1 Å². The minimum absolute atomic E-state index is 0.00687. The first kappa shape index (κ1) is 18.7. The SMILES string of the molecule is Nc1ccccc1Nc1cc(S(=O)(=O)O)c(N)c2c1C(=O)c1ccccc1C2=O. The van der Waals surface area contributed by atoms with Crippen LogP contribution >= 0.6 is 0 Å². The van der Waals surface area contributed by atoms with E-state index in [1.165, 1.54) is 12.1 Å². The summed E-state index contributed by atoms with van der Waals surface area (Å²) >= 11 is 0. The zero-order valence-electron chi connectivity index (χ0n) is 14.8. The zero-order chi connectivity index (χ0) is 20.9. The molecule has 0 spiro atoms. The highest BCUT2D eigenvalue weighted by atomic mass is 32.2. The Bertz CT molecular complexity index is 1320. The van der Waals surface area contributed by atoms with Crippen molar-refractivity contribution in [3.05, 3.63) is 76.9 Å². The molecule has 146 valence electrons. The maximum Gasteiger partial charge on any atom is 0.296 e. The highest BCUT2D eigenvalue weighted by Gasteiger charge is 2.36. The summed E-state index contributed by atoms with van der Waals surface area (Å²) in [5, 5.41) is 2.89. The minimum Gasteiger partial charge on any atom is -0.397 e. The molecular formula is C20H15N3O5S.